The highest BCUT2D eigenvalue weighted by molar-refractivity contribution is 6.08. The van der Waals surface area contributed by atoms with Crippen LogP contribution in [-0.4, -0.2) is 21.9 Å². The van der Waals surface area contributed by atoms with E-state index in [1.807, 2.05) is 85.8 Å². The summed E-state index contributed by atoms with van der Waals surface area (Å²) in [7, 11) is 0. The zero-order chi connectivity index (χ0) is 32.8. The molecule has 46 heavy (non-hydrogen) atoms. The van der Waals surface area contributed by atoms with Crippen LogP contribution in [0.3, 0.4) is 0 Å². The number of carbonyl (C=O) groups is 2. The van der Waals surface area contributed by atoms with Crippen molar-refractivity contribution in [2.24, 2.45) is 0 Å². The molecule has 0 fully saturated rings. The zero-order valence-electron chi connectivity index (χ0n) is 25.9. The summed E-state index contributed by atoms with van der Waals surface area (Å²) in [5.74, 6) is -1.14. The fourth-order valence-corrected chi connectivity index (χ4v) is 6.42. The second kappa shape index (κ2) is 11.8. The molecule has 1 aliphatic carbocycles. The van der Waals surface area contributed by atoms with Gasteiger partial charge in [0, 0.05) is 6.54 Å². The summed E-state index contributed by atoms with van der Waals surface area (Å²) in [5.41, 5.74) is 4.20. The quantitative estimate of drug-likeness (QED) is 0.197. The van der Waals surface area contributed by atoms with Crippen LogP contribution in [0, 0.1) is 6.92 Å². The number of carboxylic acids is 1. The van der Waals surface area contributed by atoms with Gasteiger partial charge in [-0.3, -0.25) is 9.59 Å². The largest absolute Gasteiger partial charge is 0.481 e. The van der Waals surface area contributed by atoms with Gasteiger partial charge in [-0.05, 0) is 95.5 Å². The third-order valence-corrected chi connectivity index (χ3v) is 9.27. The van der Waals surface area contributed by atoms with Gasteiger partial charge in [0.15, 0.2) is 0 Å². The maximum absolute atomic E-state index is 14.6. The molecule has 1 N–H and O–H groups in total. The molecule has 5 aromatic rings. The second-order valence-corrected chi connectivity index (χ2v) is 12.6. The number of aliphatic carboxylic acids is 1. The number of amides is 1. The predicted octanol–water partition coefficient (Wildman–Crippen LogP) is 9.53. The van der Waals surface area contributed by atoms with Crippen molar-refractivity contribution >= 4 is 22.6 Å². The number of carboxylic acid groups (broad SMARTS) is 1. The lowest BCUT2D eigenvalue weighted by Gasteiger charge is -2.31. The molecule has 6 rings (SSSR count). The Balaban J connectivity index is 1.39. The number of carbonyl (C=O) groups excluding carboxylic acids is 1. The fraction of sp³-hybridized carbons (Fsp3) is 0.231. The molecule has 0 saturated heterocycles. The van der Waals surface area contributed by atoms with E-state index in [0.717, 1.165) is 44.7 Å². The van der Waals surface area contributed by atoms with Gasteiger partial charge < -0.3 is 10.0 Å². The monoisotopic (exact) mass is 621 g/mol. The Morgan fingerprint density at radius 2 is 1.57 bits per heavy atom. The first-order chi connectivity index (χ1) is 21.8. The van der Waals surface area contributed by atoms with E-state index in [-0.39, 0.29) is 12.5 Å². The lowest BCUT2D eigenvalue weighted by atomic mass is 9.83. The third-order valence-electron chi connectivity index (χ3n) is 9.27. The molecule has 4 nitrogen and oxygen atoms in total. The predicted molar refractivity (Wildman–Crippen MR) is 174 cm³/mol. The number of halogens is 3. The number of benzene rings is 5. The molecule has 1 unspecified atom stereocenters. The molecule has 1 amide bonds. The minimum atomic E-state index is -4.49. The Morgan fingerprint density at radius 1 is 0.826 bits per heavy atom. The average Bonchev–Trinajstić information content (AvgIpc) is 3.46. The molecule has 0 spiro atoms. The van der Waals surface area contributed by atoms with Crippen LogP contribution in [0.15, 0.2) is 103 Å². The Morgan fingerprint density at radius 3 is 2.28 bits per heavy atom. The molecule has 0 bridgehead atoms. The standard InChI is InChI=1S/C39H34F3NO3/c1-24-11-14-27-7-4-5-10-32(27)35(24)36(44)43(34-20-18-28-17-19-31(22-33(28)34)39(40,41)42)23-25-12-15-26(16-13-25)29-8-6-9-30(21-29)38(2,3)37(45)46/h4-17,19,21-22,34H,18,20,23H2,1-3H3,(H,45,46). The molecule has 0 aromatic heterocycles. The fourth-order valence-electron chi connectivity index (χ4n) is 6.42. The molecule has 0 aliphatic heterocycles. The smallest absolute Gasteiger partial charge is 0.416 e. The summed E-state index contributed by atoms with van der Waals surface area (Å²) in [5, 5.41) is 11.4. The van der Waals surface area contributed by atoms with Crippen LogP contribution in [0.4, 0.5) is 13.2 Å². The van der Waals surface area contributed by atoms with Crippen molar-refractivity contribution in [3.05, 3.63) is 142 Å². The van der Waals surface area contributed by atoms with Crippen LogP contribution in [0.1, 0.15) is 70.0 Å². The minimum absolute atomic E-state index is 0.203. The Bertz CT molecular complexity index is 1960. The van der Waals surface area contributed by atoms with Gasteiger partial charge >= 0.3 is 12.1 Å². The van der Waals surface area contributed by atoms with E-state index in [9.17, 15) is 27.9 Å². The van der Waals surface area contributed by atoms with E-state index in [0.29, 0.717) is 29.5 Å². The molecule has 1 aliphatic rings. The number of rotatable bonds is 7. The molecule has 1 atom stereocenters. The topological polar surface area (TPSA) is 57.6 Å². The van der Waals surface area contributed by atoms with Crippen LogP contribution in [-0.2, 0) is 29.4 Å². The molecule has 0 radical (unpaired) electrons. The first kappa shape index (κ1) is 31.1. The van der Waals surface area contributed by atoms with Crippen LogP contribution in [0.5, 0.6) is 0 Å². The lowest BCUT2D eigenvalue weighted by molar-refractivity contribution is -0.142. The van der Waals surface area contributed by atoms with E-state index < -0.39 is 29.2 Å². The van der Waals surface area contributed by atoms with Crippen molar-refractivity contribution < 1.29 is 27.9 Å². The van der Waals surface area contributed by atoms with Crippen molar-refractivity contribution in [1.82, 2.24) is 4.90 Å². The normalized spacial score (nSPS) is 14.7. The van der Waals surface area contributed by atoms with E-state index in [2.05, 4.69) is 0 Å². The van der Waals surface area contributed by atoms with Gasteiger partial charge in [0.2, 0.25) is 0 Å². The van der Waals surface area contributed by atoms with Gasteiger partial charge in [-0.2, -0.15) is 13.2 Å². The highest BCUT2D eigenvalue weighted by Crippen LogP contribution is 2.42. The van der Waals surface area contributed by atoms with Gasteiger partial charge in [0.1, 0.15) is 0 Å². The van der Waals surface area contributed by atoms with Crippen LogP contribution in [0.2, 0.25) is 0 Å². The molecular formula is C39H34F3NO3. The molecule has 7 heteroatoms. The van der Waals surface area contributed by atoms with Crippen molar-refractivity contribution in [2.45, 2.75) is 57.8 Å². The summed E-state index contributed by atoms with van der Waals surface area (Å²) in [6.45, 7) is 5.42. The number of nitrogens with zero attached hydrogens (tertiary/aromatic N) is 1. The maximum atomic E-state index is 14.6. The number of hydrogen-bond acceptors (Lipinski definition) is 2. The third kappa shape index (κ3) is 5.78. The Kier molecular flexibility index (Phi) is 7.97. The van der Waals surface area contributed by atoms with Crippen LogP contribution in [0.25, 0.3) is 21.9 Å². The van der Waals surface area contributed by atoms with E-state index in [1.165, 1.54) is 6.07 Å². The number of aryl methyl sites for hydroxylation is 2. The zero-order valence-corrected chi connectivity index (χ0v) is 25.9. The number of hydrogen-bond donors (Lipinski definition) is 1. The Hall–Kier alpha value is -4.91. The first-order valence-electron chi connectivity index (χ1n) is 15.3. The molecule has 0 saturated carbocycles. The summed E-state index contributed by atoms with van der Waals surface area (Å²) >= 11 is 0. The maximum Gasteiger partial charge on any atom is 0.416 e. The summed E-state index contributed by atoms with van der Waals surface area (Å²) in [6.07, 6.45) is -3.38. The van der Waals surface area contributed by atoms with Crippen LogP contribution >= 0.6 is 0 Å². The molecule has 0 heterocycles. The highest BCUT2D eigenvalue weighted by atomic mass is 19.4. The summed E-state index contributed by atoms with van der Waals surface area (Å²) < 4.78 is 41.3. The Labute approximate surface area is 266 Å². The highest BCUT2D eigenvalue weighted by Gasteiger charge is 2.37. The van der Waals surface area contributed by atoms with Gasteiger partial charge in [0.05, 0.1) is 22.6 Å². The van der Waals surface area contributed by atoms with Gasteiger partial charge in [-0.1, -0.05) is 91.0 Å². The average molecular weight is 622 g/mol. The van der Waals surface area contributed by atoms with Crippen molar-refractivity contribution in [3.8, 4) is 11.1 Å². The summed E-state index contributed by atoms with van der Waals surface area (Å²) in [4.78, 5) is 28.2. The van der Waals surface area contributed by atoms with E-state index >= 15 is 0 Å². The minimum Gasteiger partial charge on any atom is -0.481 e. The molecule has 234 valence electrons. The van der Waals surface area contributed by atoms with Crippen molar-refractivity contribution in [3.63, 3.8) is 0 Å². The molecule has 5 aromatic carbocycles. The summed E-state index contributed by atoms with van der Waals surface area (Å²) in [6, 6.07) is 30.0. The molecular weight excluding hydrogens is 587 g/mol. The van der Waals surface area contributed by atoms with E-state index in [4.69, 9.17) is 0 Å². The van der Waals surface area contributed by atoms with Crippen molar-refractivity contribution in [2.75, 3.05) is 0 Å². The van der Waals surface area contributed by atoms with Gasteiger partial charge in [0.25, 0.3) is 5.91 Å². The SMILES string of the molecule is Cc1ccc2ccccc2c1C(=O)N(Cc1ccc(-c2cccc(C(C)(C)C(=O)O)c2)cc1)C1CCc2ccc(C(F)(F)F)cc21. The van der Waals surface area contributed by atoms with Crippen LogP contribution < -0.4 is 0 Å². The lowest BCUT2D eigenvalue weighted by Crippen LogP contribution is -2.34. The number of fused-ring (bicyclic) bond motifs is 2. The van der Waals surface area contributed by atoms with Gasteiger partial charge in [-0.15, -0.1) is 0 Å². The number of alkyl halides is 3. The van der Waals surface area contributed by atoms with Crippen molar-refractivity contribution in [1.29, 1.82) is 0 Å². The first-order valence-corrected chi connectivity index (χ1v) is 15.3. The van der Waals surface area contributed by atoms with Gasteiger partial charge in [-0.25, -0.2) is 0 Å². The second-order valence-electron chi connectivity index (χ2n) is 12.6. The van der Waals surface area contributed by atoms with E-state index in [1.54, 1.807) is 30.9 Å².